The Balaban J connectivity index is 1.34. The SMILES string of the molecule is Cn1c2ccccc2c2cc(-c3cccc(-c4ccc5c(c4)-c4ccccc4C5)c3)ccc21. The first-order chi connectivity index (χ1) is 16.3. The first-order valence-corrected chi connectivity index (χ1v) is 11.6. The van der Waals surface area contributed by atoms with Crippen LogP contribution in [0.15, 0.2) is 109 Å². The summed E-state index contributed by atoms with van der Waals surface area (Å²) >= 11 is 0. The third-order valence-corrected chi connectivity index (χ3v) is 7.24. The number of aryl methyl sites for hydroxylation is 1. The number of hydrogen-bond acceptors (Lipinski definition) is 0. The van der Waals surface area contributed by atoms with Crippen molar-refractivity contribution in [2.45, 2.75) is 6.42 Å². The van der Waals surface area contributed by atoms with Gasteiger partial charge >= 0.3 is 0 Å². The van der Waals surface area contributed by atoms with Gasteiger partial charge in [0.2, 0.25) is 0 Å². The zero-order valence-electron chi connectivity index (χ0n) is 18.5. The van der Waals surface area contributed by atoms with Crippen LogP contribution in [0.2, 0.25) is 0 Å². The van der Waals surface area contributed by atoms with Gasteiger partial charge in [0.05, 0.1) is 0 Å². The lowest BCUT2D eigenvalue weighted by Gasteiger charge is -2.09. The molecule has 6 aromatic rings. The highest BCUT2D eigenvalue weighted by Crippen LogP contribution is 2.39. The van der Waals surface area contributed by atoms with Crippen LogP contribution in [0.1, 0.15) is 11.1 Å². The Hall–Kier alpha value is -4.10. The van der Waals surface area contributed by atoms with Gasteiger partial charge in [0.1, 0.15) is 0 Å². The van der Waals surface area contributed by atoms with Crippen molar-refractivity contribution >= 4 is 21.8 Å². The standard InChI is InChI=1S/C32H23N/c1-33-31-12-5-4-11-28(31)30-20-24(15-16-32(30)33)22-9-6-8-21(17-22)23-13-14-26-18-25-7-2-3-10-27(25)29(26)19-23/h2-17,19-20H,18H2,1H3. The van der Waals surface area contributed by atoms with Crippen LogP contribution >= 0.6 is 0 Å². The van der Waals surface area contributed by atoms with Crippen molar-refractivity contribution in [3.8, 4) is 33.4 Å². The van der Waals surface area contributed by atoms with Crippen molar-refractivity contribution in [1.82, 2.24) is 4.57 Å². The average Bonchev–Trinajstić information content (AvgIpc) is 3.39. The number of para-hydroxylation sites is 1. The molecule has 156 valence electrons. The van der Waals surface area contributed by atoms with Crippen LogP contribution in [0.4, 0.5) is 0 Å². The first-order valence-electron chi connectivity index (χ1n) is 11.6. The number of rotatable bonds is 2. The molecule has 0 spiro atoms. The molecule has 0 radical (unpaired) electrons. The minimum Gasteiger partial charge on any atom is -0.344 e. The van der Waals surface area contributed by atoms with Gasteiger partial charge in [-0.1, -0.05) is 78.9 Å². The third-order valence-electron chi connectivity index (χ3n) is 7.24. The minimum atomic E-state index is 1.04. The predicted molar refractivity (Wildman–Crippen MR) is 140 cm³/mol. The number of fused-ring (bicyclic) bond motifs is 6. The van der Waals surface area contributed by atoms with Crippen LogP contribution in [-0.4, -0.2) is 4.57 Å². The highest BCUT2D eigenvalue weighted by Gasteiger charge is 2.18. The molecule has 1 nitrogen and oxygen atoms in total. The maximum atomic E-state index is 2.37. The van der Waals surface area contributed by atoms with Gasteiger partial charge in [-0.05, 0) is 81.3 Å². The van der Waals surface area contributed by atoms with Gasteiger partial charge in [0, 0.05) is 28.9 Å². The largest absolute Gasteiger partial charge is 0.344 e. The molecule has 33 heavy (non-hydrogen) atoms. The molecule has 0 aliphatic heterocycles. The van der Waals surface area contributed by atoms with Crippen LogP contribution in [0, 0.1) is 0 Å². The number of hydrogen-bond donors (Lipinski definition) is 0. The van der Waals surface area contributed by atoms with Crippen molar-refractivity contribution in [3.05, 3.63) is 120 Å². The maximum Gasteiger partial charge on any atom is 0.0489 e. The van der Waals surface area contributed by atoms with Crippen molar-refractivity contribution in [2.75, 3.05) is 0 Å². The lowest BCUT2D eigenvalue weighted by molar-refractivity contribution is 1.01. The minimum absolute atomic E-state index is 1.04. The zero-order chi connectivity index (χ0) is 21.9. The normalized spacial score (nSPS) is 12.3. The fraction of sp³-hybridized carbons (Fsp3) is 0.0625. The molecule has 1 aliphatic carbocycles. The maximum absolute atomic E-state index is 2.37. The second-order valence-corrected chi connectivity index (χ2v) is 9.09. The molecule has 0 unspecified atom stereocenters. The van der Waals surface area contributed by atoms with Gasteiger partial charge in [-0.15, -0.1) is 0 Å². The monoisotopic (exact) mass is 421 g/mol. The van der Waals surface area contributed by atoms with E-state index in [2.05, 4.69) is 121 Å². The fourth-order valence-corrected chi connectivity index (χ4v) is 5.53. The van der Waals surface area contributed by atoms with Gasteiger partial charge in [-0.25, -0.2) is 0 Å². The Morgan fingerprint density at radius 2 is 1.15 bits per heavy atom. The van der Waals surface area contributed by atoms with E-state index in [1.165, 1.54) is 66.3 Å². The summed E-state index contributed by atoms with van der Waals surface area (Å²) in [5, 5.41) is 2.62. The molecule has 0 atom stereocenters. The lowest BCUT2D eigenvalue weighted by Crippen LogP contribution is -1.87. The molecular formula is C32H23N. The first kappa shape index (κ1) is 18.5. The van der Waals surface area contributed by atoms with E-state index >= 15 is 0 Å². The molecule has 0 N–H and O–H groups in total. The summed E-state index contributed by atoms with van der Waals surface area (Å²) in [5.74, 6) is 0. The van der Waals surface area contributed by atoms with Gasteiger partial charge in [-0.3, -0.25) is 0 Å². The summed E-state index contributed by atoms with van der Waals surface area (Å²) in [5.41, 5.74) is 13.2. The van der Waals surface area contributed by atoms with Gasteiger partial charge in [-0.2, -0.15) is 0 Å². The molecule has 0 bridgehead atoms. The van der Waals surface area contributed by atoms with E-state index in [1.54, 1.807) is 0 Å². The quantitative estimate of drug-likeness (QED) is 0.265. The summed E-state index contributed by atoms with van der Waals surface area (Å²) in [7, 11) is 2.15. The van der Waals surface area contributed by atoms with Gasteiger partial charge < -0.3 is 4.57 Å². The third kappa shape index (κ3) is 2.79. The Morgan fingerprint density at radius 3 is 2.06 bits per heavy atom. The zero-order valence-corrected chi connectivity index (χ0v) is 18.5. The molecule has 0 amide bonds. The summed E-state index contributed by atoms with van der Waals surface area (Å²) < 4.78 is 2.28. The highest BCUT2D eigenvalue weighted by molar-refractivity contribution is 6.09. The van der Waals surface area contributed by atoms with Crippen LogP contribution in [0.25, 0.3) is 55.2 Å². The molecule has 1 heteroatoms. The molecule has 1 aromatic heterocycles. The summed E-state index contributed by atoms with van der Waals surface area (Å²) in [6, 6.07) is 40.2. The number of aromatic nitrogens is 1. The average molecular weight is 422 g/mol. The smallest absolute Gasteiger partial charge is 0.0489 e. The Labute approximate surface area is 193 Å². The van der Waals surface area contributed by atoms with Crippen LogP contribution < -0.4 is 0 Å². The van der Waals surface area contributed by atoms with Crippen molar-refractivity contribution in [2.24, 2.45) is 7.05 Å². The molecule has 5 aromatic carbocycles. The van der Waals surface area contributed by atoms with Crippen LogP contribution in [0.3, 0.4) is 0 Å². The number of benzene rings is 5. The Bertz CT molecular complexity index is 1700. The molecule has 0 saturated carbocycles. The van der Waals surface area contributed by atoms with Crippen molar-refractivity contribution in [3.63, 3.8) is 0 Å². The highest BCUT2D eigenvalue weighted by atomic mass is 14.9. The summed E-state index contributed by atoms with van der Waals surface area (Å²) in [6.07, 6.45) is 1.04. The molecule has 1 aliphatic rings. The van der Waals surface area contributed by atoms with Crippen molar-refractivity contribution < 1.29 is 0 Å². The van der Waals surface area contributed by atoms with E-state index in [1.807, 2.05) is 0 Å². The van der Waals surface area contributed by atoms with E-state index in [0.717, 1.165) is 6.42 Å². The molecule has 7 rings (SSSR count). The Kier molecular flexibility index (Phi) is 3.89. The fourth-order valence-electron chi connectivity index (χ4n) is 5.53. The topological polar surface area (TPSA) is 4.93 Å². The second-order valence-electron chi connectivity index (χ2n) is 9.09. The van der Waals surface area contributed by atoms with E-state index in [9.17, 15) is 0 Å². The van der Waals surface area contributed by atoms with E-state index in [0.29, 0.717) is 0 Å². The van der Waals surface area contributed by atoms with E-state index in [4.69, 9.17) is 0 Å². The summed E-state index contributed by atoms with van der Waals surface area (Å²) in [6.45, 7) is 0. The van der Waals surface area contributed by atoms with Gasteiger partial charge in [0.15, 0.2) is 0 Å². The summed E-state index contributed by atoms with van der Waals surface area (Å²) in [4.78, 5) is 0. The Morgan fingerprint density at radius 1 is 0.485 bits per heavy atom. The van der Waals surface area contributed by atoms with E-state index < -0.39 is 0 Å². The molecule has 0 saturated heterocycles. The lowest BCUT2D eigenvalue weighted by atomic mass is 9.95. The molecular weight excluding hydrogens is 398 g/mol. The second kappa shape index (κ2) is 6.95. The van der Waals surface area contributed by atoms with Crippen LogP contribution in [-0.2, 0) is 13.5 Å². The predicted octanol–water partition coefficient (Wildman–Crippen LogP) is 8.24. The van der Waals surface area contributed by atoms with E-state index in [-0.39, 0.29) is 0 Å². The molecule has 0 fully saturated rings. The van der Waals surface area contributed by atoms with Crippen LogP contribution in [0.5, 0.6) is 0 Å². The molecule has 1 heterocycles. The van der Waals surface area contributed by atoms with Gasteiger partial charge in [0.25, 0.3) is 0 Å². The number of nitrogens with zero attached hydrogens (tertiary/aromatic N) is 1. The van der Waals surface area contributed by atoms with Crippen molar-refractivity contribution in [1.29, 1.82) is 0 Å².